The molecular weight excluding hydrogens is 360 g/mol. The molecule has 1 fully saturated rings. The van der Waals surface area contributed by atoms with Crippen LogP contribution in [0.3, 0.4) is 0 Å². The van der Waals surface area contributed by atoms with Crippen LogP contribution in [-0.2, 0) is 11.2 Å². The molecule has 1 aromatic carbocycles. The first-order valence-electron chi connectivity index (χ1n) is 9.00. The van der Waals surface area contributed by atoms with Gasteiger partial charge in [-0.25, -0.2) is 14.7 Å². The van der Waals surface area contributed by atoms with Gasteiger partial charge in [-0.2, -0.15) is 4.90 Å². The summed E-state index contributed by atoms with van der Waals surface area (Å²) in [5.74, 6) is 1.03. The number of hydrogen-bond donors (Lipinski definition) is 1. The van der Waals surface area contributed by atoms with Crippen molar-refractivity contribution in [1.82, 2.24) is 9.80 Å². The number of aliphatic imine (C=N–C) groups is 1. The Balaban J connectivity index is 1.82. The van der Waals surface area contributed by atoms with Gasteiger partial charge in [0.2, 0.25) is 0 Å². The van der Waals surface area contributed by atoms with Gasteiger partial charge in [0, 0.05) is 19.2 Å². The van der Waals surface area contributed by atoms with Crippen molar-refractivity contribution in [2.45, 2.75) is 13.3 Å². The number of benzene rings is 1. The molecule has 2 heterocycles. The van der Waals surface area contributed by atoms with Crippen molar-refractivity contribution in [3.63, 3.8) is 0 Å². The number of allylic oxidation sites excluding steroid dienone is 1. The summed E-state index contributed by atoms with van der Waals surface area (Å²) in [6.45, 7) is 2.41. The number of rotatable bonds is 5. The number of amides is 3. The molecule has 0 bridgehead atoms. The van der Waals surface area contributed by atoms with E-state index in [1.165, 1.54) is 11.9 Å². The Bertz CT molecular complexity index is 903. The average Bonchev–Trinajstić information content (AvgIpc) is 2.71. The fraction of sp³-hybridized carbons (Fsp3) is 0.400. The van der Waals surface area contributed by atoms with Crippen LogP contribution in [0.2, 0.25) is 0 Å². The van der Waals surface area contributed by atoms with Crippen LogP contribution in [-0.4, -0.2) is 68.1 Å². The molecule has 1 saturated heterocycles. The highest BCUT2D eigenvalue weighted by Crippen LogP contribution is 2.28. The summed E-state index contributed by atoms with van der Waals surface area (Å²) in [4.78, 5) is 35.3. The van der Waals surface area contributed by atoms with Gasteiger partial charge in [0.15, 0.2) is 17.4 Å². The van der Waals surface area contributed by atoms with E-state index < -0.39 is 5.92 Å². The van der Waals surface area contributed by atoms with Gasteiger partial charge < -0.3 is 9.47 Å². The maximum atomic E-state index is 12.7. The Morgan fingerprint density at radius 3 is 2.50 bits per heavy atom. The van der Waals surface area contributed by atoms with Crippen LogP contribution < -0.4 is 14.5 Å². The second-order valence-electron chi connectivity index (χ2n) is 6.74. The first kappa shape index (κ1) is 19.6. The van der Waals surface area contributed by atoms with Crippen LogP contribution in [0.5, 0.6) is 11.5 Å². The third-order valence-corrected chi connectivity index (χ3v) is 5.03. The highest BCUT2D eigenvalue weighted by Gasteiger charge is 2.50. The molecule has 148 valence electrons. The van der Waals surface area contributed by atoms with E-state index in [1.807, 2.05) is 25.1 Å². The standard InChI is InChI=1S/C20H24N4O4/c1-12-11-22-18-16(19(25)24(3)20(26)23(18)2)17(12)21-9-8-13-6-7-14(27-4)15(10-13)28-5/h6-7,10-11,16H,8-9H2,1-5H3/p+1. The molecule has 3 rings (SSSR count). The predicted octanol–water partition coefficient (Wildman–Crippen LogP) is 0.224. The molecule has 0 aromatic heterocycles. The van der Waals surface area contributed by atoms with Crippen LogP contribution in [0, 0.1) is 5.92 Å². The Kier molecular flexibility index (Phi) is 5.48. The lowest BCUT2D eigenvalue weighted by Gasteiger charge is -2.32. The first-order valence-corrected chi connectivity index (χ1v) is 9.00. The number of urea groups is 1. The quantitative estimate of drug-likeness (QED) is 0.786. The van der Waals surface area contributed by atoms with E-state index in [4.69, 9.17) is 14.5 Å². The minimum absolute atomic E-state index is 0.275. The van der Waals surface area contributed by atoms with Gasteiger partial charge in [-0.3, -0.25) is 9.79 Å². The summed E-state index contributed by atoms with van der Waals surface area (Å²) in [5.41, 5.74) is 2.62. The number of nitrogens with zero attached hydrogens (tertiary/aromatic N) is 3. The molecule has 8 heteroatoms. The summed E-state index contributed by atoms with van der Waals surface area (Å²) in [5, 5.41) is 0. The Labute approximate surface area is 164 Å². The largest absolute Gasteiger partial charge is 0.493 e. The lowest BCUT2D eigenvalue weighted by molar-refractivity contribution is -0.383. The van der Waals surface area contributed by atoms with E-state index in [1.54, 1.807) is 27.5 Å². The van der Waals surface area contributed by atoms with E-state index in [2.05, 4.69) is 4.99 Å². The van der Waals surface area contributed by atoms with E-state index in [-0.39, 0.29) is 11.9 Å². The highest BCUT2D eigenvalue weighted by molar-refractivity contribution is 6.31. The number of fused-ring (bicyclic) bond motifs is 1. The number of hydrogen-bond acceptors (Lipinski definition) is 5. The number of amidine groups is 1. The second kappa shape index (κ2) is 7.84. The molecule has 28 heavy (non-hydrogen) atoms. The van der Waals surface area contributed by atoms with Crippen molar-refractivity contribution in [3.05, 3.63) is 35.5 Å². The zero-order chi connectivity index (χ0) is 20.4. The van der Waals surface area contributed by atoms with E-state index in [0.717, 1.165) is 16.0 Å². The van der Waals surface area contributed by atoms with Crippen LogP contribution in [0.25, 0.3) is 0 Å². The number of methoxy groups -OCH3 is 2. The molecule has 0 aliphatic carbocycles. The molecule has 0 saturated carbocycles. The van der Waals surface area contributed by atoms with Crippen molar-refractivity contribution < 1.29 is 24.1 Å². The average molecular weight is 385 g/mol. The molecule has 2 aliphatic heterocycles. The van der Waals surface area contributed by atoms with E-state index in [9.17, 15) is 9.59 Å². The van der Waals surface area contributed by atoms with Gasteiger partial charge in [0.1, 0.15) is 0 Å². The van der Waals surface area contributed by atoms with Gasteiger partial charge in [0.05, 0.1) is 33.2 Å². The predicted molar refractivity (Wildman–Crippen MR) is 105 cm³/mol. The maximum absolute atomic E-state index is 12.7. The van der Waals surface area contributed by atoms with Gasteiger partial charge in [-0.05, 0) is 31.0 Å². The van der Waals surface area contributed by atoms with Crippen molar-refractivity contribution >= 4 is 23.5 Å². The summed E-state index contributed by atoms with van der Waals surface area (Å²) in [6.07, 6.45) is 2.47. The normalized spacial score (nSPS) is 20.8. The zero-order valence-corrected chi connectivity index (χ0v) is 16.8. The van der Waals surface area contributed by atoms with Gasteiger partial charge in [-0.1, -0.05) is 6.07 Å². The molecule has 1 N–H and O–H groups in total. The van der Waals surface area contributed by atoms with Crippen molar-refractivity contribution in [2.24, 2.45) is 10.9 Å². The van der Waals surface area contributed by atoms with Gasteiger partial charge in [0.25, 0.3) is 11.7 Å². The Morgan fingerprint density at radius 2 is 1.82 bits per heavy atom. The van der Waals surface area contributed by atoms with Crippen LogP contribution >= 0.6 is 0 Å². The van der Waals surface area contributed by atoms with Gasteiger partial charge in [-0.15, -0.1) is 0 Å². The molecular formula is C20H25N4O4+. The smallest absolute Gasteiger partial charge is 0.417 e. The van der Waals surface area contributed by atoms with Crippen molar-refractivity contribution in [1.29, 1.82) is 0 Å². The van der Waals surface area contributed by atoms with Crippen molar-refractivity contribution in [3.8, 4) is 11.5 Å². The topological polar surface area (TPSA) is 85.4 Å². The molecule has 2 aliphatic rings. The summed E-state index contributed by atoms with van der Waals surface area (Å²) >= 11 is 0. The van der Waals surface area contributed by atoms with Crippen molar-refractivity contribution in [2.75, 3.05) is 34.9 Å². The molecule has 0 radical (unpaired) electrons. The number of ether oxygens (including phenoxy) is 2. The Hall–Kier alpha value is -3.16. The fourth-order valence-corrected chi connectivity index (χ4v) is 3.39. The molecule has 8 nitrogen and oxygen atoms in total. The minimum atomic E-state index is -0.594. The third kappa shape index (κ3) is 3.37. The van der Waals surface area contributed by atoms with Gasteiger partial charge >= 0.3 is 6.03 Å². The third-order valence-electron chi connectivity index (χ3n) is 5.03. The second-order valence-corrected chi connectivity index (χ2v) is 6.74. The molecule has 3 amide bonds. The van der Waals surface area contributed by atoms with Crippen LogP contribution in [0.1, 0.15) is 12.5 Å². The molecule has 0 spiro atoms. The number of carbonyl (C=O) groups is 2. The lowest BCUT2D eigenvalue weighted by atomic mass is 9.91. The van der Waals surface area contributed by atoms with E-state index in [0.29, 0.717) is 36.0 Å². The Morgan fingerprint density at radius 1 is 1.11 bits per heavy atom. The summed E-state index contributed by atoms with van der Waals surface area (Å²) < 4.78 is 10.6. The molecule has 1 aromatic rings. The fourth-order valence-electron chi connectivity index (χ4n) is 3.39. The lowest BCUT2D eigenvalue weighted by Crippen LogP contribution is -2.80. The summed E-state index contributed by atoms with van der Waals surface area (Å²) in [7, 11) is 6.35. The SMILES string of the molecule is COc1ccc(CCN=C2C(C)=C[NH+]=C3C2C(=O)N(C)C(=O)N3C)cc1OC. The number of carbonyl (C=O) groups excluding carboxylic acids is 2. The van der Waals surface area contributed by atoms with Crippen LogP contribution in [0.4, 0.5) is 4.79 Å². The highest BCUT2D eigenvalue weighted by atomic mass is 16.5. The minimum Gasteiger partial charge on any atom is -0.493 e. The monoisotopic (exact) mass is 385 g/mol. The summed E-state index contributed by atoms with van der Waals surface area (Å²) in [6, 6.07) is 5.40. The maximum Gasteiger partial charge on any atom is 0.417 e. The number of imide groups is 1. The number of nitrogens with one attached hydrogen (secondary N) is 1. The molecule has 1 unspecified atom stereocenters. The first-order chi connectivity index (χ1) is 13.4. The van der Waals surface area contributed by atoms with E-state index >= 15 is 0 Å². The van der Waals surface area contributed by atoms with Crippen LogP contribution in [0.15, 0.2) is 35.0 Å². The zero-order valence-electron chi connectivity index (χ0n) is 16.8. The molecule has 1 atom stereocenters.